The van der Waals surface area contributed by atoms with E-state index in [9.17, 15) is 4.79 Å². The highest BCUT2D eigenvalue weighted by Gasteiger charge is 2.36. The topological polar surface area (TPSA) is 20.3 Å². The summed E-state index contributed by atoms with van der Waals surface area (Å²) in [7, 11) is 0. The Bertz CT molecular complexity index is 351. The van der Waals surface area contributed by atoms with Crippen molar-refractivity contribution in [1.82, 2.24) is 4.90 Å². The second kappa shape index (κ2) is 7.26. The van der Waals surface area contributed by atoms with Crippen LogP contribution in [0.1, 0.15) is 77.6 Å². The van der Waals surface area contributed by atoms with E-state index in [0.29, 0.717) is 11.7 Å². The number of carbonyl (C=O) groups is 1. The molecule has 0 bridgehead atoms. The molecule has 0 amide bonds. The highest BCUT2D eigenvalue weighted by Crippen LogP contribution is 2.37. The van der Waals surface area contributed by atoms with Gasteiger partial charge in [-0.25, -0.2) is 0 Å². The lowest BCUT2D eigenvalue weighted by atomic mass is 9.75. The third-order valence-corrected chi connectivity index (χ3v) is 6.38. The Morgan fingerprint density at radius 3 is 2.76 bits per heavy atom. The van der Waals surface area contributed by atoms with Crippen LogP contribution < -0.4 is 0 Å². The lowest BCUT2D eigenvalue weighted by Gasteiger charge is -2.46. The normalized spacial score (nSPS) is 38.2. The fourth-order valence-corrected chi connectivity index (χ4v) is 5.29. The number of rotatable bonds is 4. The first-order chi connectivity index (χ1) is 10.3. The van der Waals surface area contributed by atoms with E-state index in [2.05, 4.69) is 11.8 Å². The van der Waals surface area contributed by atoms with Crippen LogP contribution in [0.15, 0.2) is 0 Å². The van der Waals surface area contributed by atoms with Gasteiger partial charge in [0.1, 0.15) is 5.78 Å². The Labute approximate surface area is 130 Å². The number of hydrogen-bond donors (Lipinski definition) is 0. The number of hydrogen-bond acceptors (Lipinski definition) is 2. The summed E-state index contributed by atoms with van der Waals surface area (Å²) in [5.41, 5.74) is 0. The molecule has 3 rings (SSSR count). The summed E-state index contributed by atoms with van der Waals surface area (Å²) >= 11 is 0. The Hall–Kier alpha value is -0.370. The summed E-state index contributed by atoms with van der Waals surface area (Å²) in [5, 5.41) is 0. The van der Waals surface area contributed by atoms with Gasteiger partial charge >= 0.3 is 0 Å². The van der Waals surface area contributed by atoms with Crippen molar-refractivity contribution >= 4 is 5.78 Å². The summed E-state index contributed by atoms with van der Waals surface area (Å²) < 4.78 is 0. The van der Waals surface area contributed by atoms with Crippen molar-refractivity contribution in [2.75, 3.05) is 13.1 Å². The Balaban J connectivity index is 1.59. The van der Waals surface area contributed by atoms with Crippen LogP contribution >= 0.6 is 0 Å². The molecule has 2 saturated carbocycles. The van der Waals surface area contributed by atoms with Gasteiger partial charge in [-0.05, 0) is 56.9 Å². The zero-order valence-electron chi connectivity index (χ0n) is 13.9. The standard InChI is InChI=1S/C19H33NO/c1-2-6-15-10-11-19(21)17(13-15)14-20-12-5-8-16-7-3-4-9-18(16)20/h15-18H,2-14H2,1H3. The molecule has 4 atom stereocenters. The Morgan fingerprint density at radius 1 is 1.10 bits per heavy atom. The zero-order valence-corrected chi connectivity index (χ0v) is 13.9. The number of Topliss-reactive ketones (excluding diaryl/α,β-unsaturated/α-hetero) is 1. The molecule has 0 aromatic carbocycles. The Morgan fingerprint density at radius 2 is 1.90 bits per heavy atom. The molecule has 1 heterocycles. The van der Waals surface area contributed by atoms with Crippen LogP contribution in [-0.4, -0.2) is 29.8 Å². The summed E-state index contributed by atoms with van der Waals surface area (Å²) in [6.07, 6.45) is 14.3. The van der Waals surface area contributed by atoms with Crippen LogP contribution in [0.2, 0.25) is 0 Å². The number of nitrogens with zero attached hydrogens (tertiary/aromatic N) is 1. The smallest absolute Gasteiger partial charge is 0.137 e. The minimum atomic E-state index is 0.357. The van der Waals surface area contributed by atoms with Crippen LogP contribution in [-0.2, 0) is 4.79 Å². The third kappa shape index (κ3) is 3.70. The van der Waals surface area contributed by atoms with Crippen LogP contribution in [0.5, 0.6) is 0 Å². The van der Waals surface area contributed by atoms with E-state index in [0.717, 1.165) is 37.3 Å². The third-order valence-electron chi connectivity index (χ3n) is 6.38. The molecular weight excluding hydrogens is 258 g/mol. The number of ketones is 1. The predicted octanol–water partition coefficient (Wildman–Crippen LogP) is 4.43. The van der Waals surface area contributed by atoms with E-state index in [-0.39, 0.29) is 0 Å². The first-order valence-electron chi connectivity index (χ1n) is 9.54. The molecule has 120 valence electrons. The minimum Gasteiger partial charge on any atom is -0.299 e. The van der Waals surface area contributed by atoms with Gasteiger partial charge in [0.15, 0.2) is 0 Å². The van der Waals surface area contributed by atoms with Gasteiger partial charge in [0.05, 0.1) is 0 Å². The molecule has 0 aromatic heterocycles. The Kier molecular flexibility index (Phi) is 5.37. The first kappa shape index (κ1) is 15.5. The summed E-state index contributed by atoms with van der Waals surface area (Å²) in [6.45, 7) is 4.62. The molecule has 0 spiro atoms. The van der Waals surface area contributed by atoms with Crippen molar-refractivity contribution in [1.29, 1.82) is 0 Å². The van der Waals surface area contributed by atoms with Gasteiger partial charge in [-0.15, -0.1) is 0 Å². The molecule has 3 fully saturated rings. The van der Waals surface area contributed by atoms with Crippen LogP contribution in [0.25, 0.3) is 0 Å². The fraction of sp³-hybridized carbons (Fsp3) is 0.947. The average Bonchev–Trinajstić information content (AvgIpc) is 2.51. The molecule has 2 heteroatoms. The van der Waals surface area contributed by atoms with Gasteiger partial charge in [-0.2, -0.15) is 0 Å². The monoisotopic (exact) mass is 291 g/mol. The predicted molar refractivity (Wildman–Crippen MR) is 87.3 cm³/mol. The van der Waals surface area contributed by atoms with Crippen molar-refractivity contribution in [3.8, 4) is 0 Å². The van der Waals surface area contributed by atoms with Gasteiger partial charge in [-0.1, -0.05) is 32.6 Å². The molecule has 2 nitrogen and oxygen atoms in total. The maximum atomic E-state index is 12.4. The lowest BCUT2D eigenvalue weighted by Crippen LogP contribution is -2.49. The maximum Gasteiger partial charge on any atom is 0.137 e. The van der Waals surface area contributed by atoms with Gasteiger partial charge in [0, 0.05) is 24.9 Å². The van der Waals surface area contributed by atoms with Crippen molar-refractivity contribution in [2.24, 2.45) is 17.8 Å². The van der Waals surface area contributed by atoms with E-state index >= 15 is 0 Å². The van der Waals surface area contributed by atoms with Gasteiger partial charge in [0.25, 0.3) is 0 Å². The quantitative estimate of drug-likeness (QED) is 0.764. The summed E-state index contributed by atoms with van der Waals surface area (Å²) in [5.74, 6) is 2.69. The van der Waals surface area contributed by atoms with E-state index in [1.165, 1.54) is 64.3 Å². The minimum absolute atomic E-state index is 0.357. The van der Waals surface area contributed by atoms with Crippen molar-refractivity contribution in [3.63, 3.8) is 0 Å². The SMILES string of the molecule is CCCC1CCC(=O)C(CN2CCCC3CCCCC32)C1. The van der Waals surface area contributed by atoms with E-state index in [1.54, 1.807) is 0 Å². The van der Waals surface area contributed by atoms with Gasteiger partial charge < -0.3 is 0 Å². The molecule has 2 aliphatic carbocycles. The molecule has 4 unspecified atom stereocenters. The average molecular weight is 291 g/mol. The molecule has 0 N–H and O–H groups in total. The zero-order chi connectivity index (χ0) is 14.7. The number of carbonyl (C=O) groups excluding carboxylic acids is 1. The van der Waals surface area contributed by atoms with Crippen LogP contribution in [0.4, 0.5) is 0 Å². The van der Waals surface area contributed by atoms with Crippen molar-refractivity contribution < 1.29 is 4.79 Å². The molecule has 21 heavy (non-hydrogen) atoms. The highest BCUT2D eigenvalue weighted by atomic mass is 16.1. The first-order valence-corrected chi connectivity index (χ1v) is 9.54. The molecule has 0 radical (unpaired) electrons. The van der Waals surface area contributed by atoms with Gasteiger partial charge in [-0.3, -0.25) is 9.69 Å². The number of likely N-dealkylation sites (tertiary alicyclic amines) is 1. The number of fused-ring (bicyclic) bond motifs is 1. The number of piperidine rings is 1. The van der Waals surface area contributed by atoms with E-state index < -0.39 is 0 Å². The van der Waals surface area contributed by atoms with Crippen LogP contribution in [0.3, 0.4) is 0 Å². The maximum absolute atomic E-state index is 12.4. The lowest BCUT2D eigenvalue weighted by molar-refractivity contribution is -0.127. The van der Waals surface area contributed by atoms with Gasteiger partial charge in [0.2, 0.25) is 0 Å². The van der Waals surface area contributed by atoms with Crippen molar-refractivity contribution in [3.05, 3.63) is 0 Å². The van der Waals surface area contributed by atoms with E-state index in [4.69, 9.17) is 0 Å². The largest absolute Gasteiger partial charge is 0.299 e. The van der Waals surface area contributed by atoms with Crippen molar-refractivity contribution in [2.45, 2.75) is 83.6 Å². The molecule has 1 aliphatic heterocycles. The summed E-state index contributed by atoms with van der Waals surface area (Å²) in [4.78, 5) is 15.1. The molecule has 3 aliphatic rings. The molecule has 1 saturated heterocycles. The fourth-order valence-electron chi connectivity index (χ4n) is 5.29. The van der Waals surface area contributed by atoms with Crippen LogP contribution in [0, 0.1) is 17.8 Å². The highest BCUT2D eigenvalue weighted by molar-refractivity contribution is 5.82. The van der Waals surface area contributed by atoms with E-state index in [1.807, 2.05) is 0 Å². The second-order valence-corrected chi connectivity index (χ2v) is 7.84. The molecule has 0 aromatic rings. The molecular formula is C19H33NO. The second-order valence-electron chi connectivity index (χ2n) is 7.84. The summed E-state index contributed by atoms with van der Waals surface area (Å²) in [6, 6.07) is 0.812.